The fourth-order valence-corrected chi connectivity index (χ4v) is 4.65. The minimum atomic E-state index is -1.47. The number of hydrogen-bond acceptors (Lipinski definition) is 4. The van der Waals surface area contributed by atoms with Crippen molar-refractivity contribution in [2.45, 2.75) is 58.3 Å². The Hall–Kier alpha value is -3.03. The van der Waals surface area contributed by atoms with Crippen molar-refractivity contribution < 1.29 is 19.0 Å². The molecule has 2 atom stereocenters. The Labute approximate surface area is 184 Å². The van der Waals surface area contributed by atoms with Gasteiger partial charge in [-0.1, -0.05) is 18.2 Å². The first-order chi connectivity index (χ1) is 15.3. The number of nitrogens with zero attached hydrogens (tertiary/aromatic N) is 1. The summed E-state index contributed by atoms with van der Waals surface area (Å²) in [4.78, 5) is 24.7. The predicted molar refractivity (Wildman–Crippen MR) is 119 cm³/mol. The van der Waals surface area contributed by atoms with Crippen molar-refractivity contribution in [2.24, 2.45) is 0 Å². The van der Waals surface area contributed by atoms with Gasteiger partial charge in [0.2, 0.25) is 5.43 Å². The van der Waals surface area contributed by atoms with Crippen LogP contribution in [0.5, 0.6) is 0 Å². The number of aromatic nitrogens is 1. The third-order valence-corrected chi connectivity index (χ3v) is 6.45. The number of carboxylic acid groups (broad SMARTS) is 1. The van der Waals surface area contributed by atoms with Crippen LogP contribution in [0.25, 0.3) is 22.0 Å². The molecular formula is C25H25FN2O4. The number of fused-ring (bicyclic) bond motifs is 2. The molecule has 0 saturated heterocycles. The lowest BCUT2D eigenvalue weighted by Gasteiger charge is -2.19. The molecule has 1 aliphatic carbocycles. The van der Waals surface area contributed by atoms with E-state index >= 15 is 0 Å². The van der Waals surface area contributed by atoms with Crippen LogP contribution in [0.1, 0.15) is 65.8 Å². The Morgan fingerprint density at radius 3 is 2.78 bits per heavy atom. The van der Waals surface area contributed by atoms with Crippen LogP contribution >= 0.6 is 0 Å². The molecule has 2 aromatic carbocycles. The van der Waals surface area contributed by atoms with Crippen molar-refractivity contribution in [3.05, 3.63) is 69.0 Å². The van der Waals surface area contributed by atoms with Gasteiger partial charge in [0.15, 0.2) is 6.36 Å². The van der Waals surface area contributed by atoms with E-state index in [1.807, 2.05) is 16.7 Å². The molecule has 32 heavy (non-hydrogen) atoms. The maximum atomic E-state index is 13.7. The number of rotatable bonds is 6. The van der Waals surface area contributed by atoms with E-state index in [-0.39, 0.29) is 18.2 Å². The number of alkyl halides is 1. The van der Waals surface area contributed by atoms with Gasteiger partial charge in [0, 0.05) is 35.8 Å². The molecule has 1 aromatic heterocycles. The normalized spacial score (nSPS) is 18.7. The average molecular weight is 436 g/mol. The minimum absolute atomic E-state index is 0.0192. The summed E-state index contributed by atoms with van der Waals surface area (Å²) in [6.07, 6.45) is 1.78. The molecule has 0 amide bonds. The summed E-state index contributed by atoms with van der Waals surface area (Å²) in [6.45, 7) is 4.20. The van der Waals surface area contributed by atoms with E-state index in [9.17, 15) is 19.1 Å². The SMILES string of the molecule is CC(F)OCc1c(-c2ccc3c(c2)CN[C@@H]3C)ccc2c(=O)c(C(=O)O)cn(C3CC3)c12. The average Bonchev–Trinajstić information content (AvgIpc) is 3.54. The summed E-state index contributed by atoms with van der Waals surface area (Å²) in [5, 5.41) is 13.3. The zero-order valence-electron chi connectivity index (χ0n) is 18.0. The van der Waals surface area contributed by atoms with Crippen LogP contribution in [0.3, 0.4) is 0 Å². The molecule has 2 aliphatic rings. The van der Waals surface area contributed by atoms with Crippen molar-refractivity contribution in [3.63, 3.8) is 0 Å². The van der Waals surface area contributed by atoms with E-state index in [1.165, 1.54) is 24.2 Å². The maximum absolute atomic E-state index is 13.7. The number of nitrogens with one attached hydrogen (secondary N) is 1. The number of aromatic carboxylic acids is 1. The lowest BCUT2D eigenvalue weighted by Crippen LogP contribution is -2.20. The molecule has 6 nitrogen and oxygen atoms in total. The Balaban J connectivity index is 1.78. The van der Waals surface area contributed by atoms with Gasteiger partial charge >= 0.3 is 5.97 Å². The van der Waals surface area contributed by atoms with E-state index in [0.717, 1.165) is 30.5 Å². The number of pyridine rings is 1. The van der Waals surface area contributed by atoms with Gasteiger partial charge in [-0.2, -0.15) is 0 Å². The van der Waals surface area contributed by atoms with Crippen LogP contribution < -0.4 is 10.7 Å². The first-order valence-corrected chi connectivity index (χ1v) is 10.9. The number of ether oxygens (including phenoxy) is 1. The Kier molecular flexibility index (Phi) is 5.10. The lowest BCUT2D eigenvalue weighted by molar-refractivity contribution is -0.0344. The molecule has 1 fully saturated rings. The van der Waals surface area contributed by atoms with Crippen molar-refractivity contribution in [1.29, 1.82) is 0 Å². The molecule has 1 saturated carbocycles. The topological polar surface area (TPSA) is 80.6 Å². The fourth-order valence-electron chi connectivity index (χ4n) is 4.65. The van der Waals surface area contributed by atoms with Crippen LogP contribution in [0, 0.1) is 0 Å². The van der Waals surface area contributed by atoms with E-state index in [1.54, 1.807) is 6.07 Å². The summed E-state index contributed by atoms with van der Waals surface area (Å²) in [6, 6.07) is 10.2. The molecular weight excluding hydrogens is 411 g/mol. The standard InChI is InChI=1S/C25H25FN2O4/c1-13-18-6-3-15(9-16(18)10-27-13)19-7-8-20-23(22(19)12-32-14(2)26)28(17-4-5-17)11-21(24(20)29)25(30)31/h3,6-9,11,13-14,17,27H,4-5,10,12H2,1-2H3,(H,30,31)/t13-,14?/m1/s1. The van der Waals surface area contributed by atoms with Crippen LogP contribution in [0.15, 0.2) is 41.3 Å². The van der Waals surface area contributed by atoms with Gasteiger partial charge in [-0.15, -0.1) is 0 Å². The number of benzene rings is 2. The van der Waals surface area contributed by atoms with Gasteiger partial charge in [0.05, 0.1) is 12.1 Å². The zero-order chi connectivity index (χ0) is 22.6. The van der Waals surface area contributed by atoms with Gasteiger partial charge in [0.1, 0.15) is 5.56 Å². The Morgan fingerprint density at radius 2 is 2.09 bits per heavy atom. The molecule has 1 unspecified atom stereocenters. The first kappa shape index (κ1) is 20.8. The molecule has 3 aromatic rings. The van der Waals surface area contributed by atoms with Crippen molar-refractivity contribution in [2.75, 3.05) is 0 Å². The van der Waals surface area contributed by atoms with E-state index < -0.39 is 17.8 Å². The third kappa shape index (κ3) is 3.51. The van der Waals surface area contributed by atoms with E-state index in [0.29, 0.717) is 22.5 Å². The van der Waals surface area contributed by atoms with Gasteiger partial charge in [-0.25, -0.2) is 9.18 Å². The minimum Gasteiger partial charge on any atom is -0.477 e. The number of carboxylic acids is 1. The highest BCUT2D eigenvalue weighted by Gasteiger charge is 2.29. The molecule has 2 N–H and O–H groups in total. The van der Waals surface area contributed by atoms with Gasteiger partial charge in [0.25, 0.3) is 0 Å². The Morgan fingerprint density at radius 1 is 1.31 bits per heavy atom. The molecule has 5 rings (SSSR count). The first-order valence-electron chi connectivity index (χ1n) is 10.9. The second-order valence-electron chi connectivity index (χ2n) is 8.67. The number of hydrogen-bond donors (Lipinski definition) is 2. The largest absolute Gasteiger partial charge is 0.477 e. The molecule has 7 heteroatoms. The van der Waals surface area contributed by atoms with Crippen molar-refractivity contribution in [3.8, 4) is 11.1 Å². The summed E-state index contributed by atoms with van der Waals surface area (Å²) >= 11 is 0. The fraction of sp³-hybridized carbons (Fsp3) is 0.360. The van der Waals surface area contributed by atoms with E-state index in [2.05, 4.69) is 24.4 Å². The second-order valence-corrected chi connectivity index (χ2v) is 8.67. The number of halogens is 1. The monoisotopic (exact) mass is 436 g/mol. The Bertz CT molecular complexity index is 1290. The maximum Gasteiger partial charge on any atom is 0.341 e. The van der Waals surface area contributed by atoms with Crippen LogP contribution in [0.4, 0.5) is 4.39 Å². The van der Waals surface area contributed by atoms with Crippen LogP contribution in [0.2, 0.25) is 0 Å². The third-order valence-electron chi connectivity index (χ3n) is 6.45. The highest BCUT2D eigenvalue weighted by molar-refractivity contribution is 5.95. The smallest absolute Gasteiger partial charge is 0.341 e. The zero-order valence-corrected chi connectivity index (χ0v) is 18.0. The van der Waals surface area contributed by atoms with Gasteiger partial charge < -0.3 is 19.7 Å². The molecule has 0 bridgehead atoms. The molecule has 2 heterocycles. The second kappa shape index (κ2) is 7.83. The quantitative estimate of drug-likeness (QED) is 0.586. The summed E-state index contributed by atoms with van der Waals surface area (Å²) < 4.78 is 20.9. The predicted octanol–water partition coefficient (Wildman–Crippen LogP) is 4.70. The highest BCUT2D eigenvalue weighted by Crippen LogP contribution is 2.40. The molecule has 0 radical (unpaired) electrons. The van der Waals surface area contributed by atoms with Gasteiger partial charge in [-0.05, 0) is 61.1 Å². The summed E-state index contributed by atoms with van der Waals surface area (Å²) in [7, 11) is 0. The van der Waals surface area contributed by atoms with Crippen LogP contribution in [-0.2, 0) is 17.9 Å². The summed E-state index contributed by atoms with van der Waals surface area (Å²) in [5.74, 6) is -1.24. The lowest BCUT2D eigenvalue weighted by atomic mass is 9.93. The molecule has 166 valence electrons. The summed E-state index contributed by atoms with van der Waals surface area (Å²) in [5.41, 5.74) is 4.84. The van der Waals surface area contributed by atoms with Crippen LogP contribution in [-0.4, -0.2) is 22.0 Å². The van der Waals surface area contributed by atoms with Gasteiger partial charge in [-0.3, -0.25) is 4.79 Å². The molecule has 1 aliphatic heterocycles. The van der Waals surface area contributed by atoms with Crippen molar-refractivity contribution in [1.82, 2.24) is 9.88 Å². The van der Waals surface area contributed by atoms with Crippen molar-refractivity contribution >= 4 is 16.9 Å². The van der Waals surface area contributed by atoms with E-state index in [4.69, 9.17) is 4.74 Å². The molecule has 0 spiro atoms. The highest BCUT2D eigenvalue weighted by atomic mass is 19.1. The number of carbonyl (C=O) groups is 1.